The highest BCUT2D eigenvalue weighted by molar-refractivity contribution is 5.80. The van der Waals surface area contributed by atoms with Crippen LogP contribution in [-0.2, 0) is 0 Å². The molecule has 4 rings (SSSR count). The molecule has 1 aliphatic rings. The lowest BCUT2D eigenvalue weighted by molar-refractivity contribution is -0.274. The fourth-order valence-electron chi connectivity index (χ4n) is 4.19. The summed E-state index contributed by atoms with van der Waals surface area (Å²) in [6.45, 7) is -1.49. The number of para-hydroxylation sites is 1. The number of rotatable bonds is 8. The Balaban J connectivity index is 1.76. The Hall–Kier alpha value is -3.88. The van der Waals surface area contributed by atoms with Gasteiger partial charge in [0.2, 0.25) is 0 Å². The van der Waals surface area contributed by atoms with E-state index in [0.717, 1.165) is 35.2 Å². The van der Waals surface area contributed by atoms with Gasteiger partial charge in [-0.1, -0.05) is 36.4 Å². The largest absolute Gasteiger partial charge is 0.573 e. The molecule has 0 amide bonds. The van der Waals surface area contributed by atoms with Crippen molar-refractivity contribution in [3.8, 4) is 28.4 Å². The lowest BCUT2D eigenvalue weighted by atomic mass is 9.98. The predicted molar refractivity (Wildman–Crippen MR) is 124 cm³/mol. The standard InChI is InChI=1S/C26H19F10NO4/c27-23(28)25(32,33)40-16-6-2-5-15(11-16)20-13-39-22-18(14-4-1-7-17(10-14)41-26(34,35)36)8-3-9-19(22)37(20)12-21(38)24(29,30)31/h1-11,20-21,23,38H,12-13H2/t20-,21+/m0/s1. The minimum absolute atomic E-state index is 0.0200. The highest BCUT2D eigenvalue weighted by atomic mass is 19.4. The van der Waals surface area contributed by atoms with Crippen LogP contribution in [0.4, 0.5) is 49.6 Å². The number of halogens is 10. The Bertz CT molecular complexity index is 1360. The Kier molecular flexibility index (Phi) is 8.21. The molecule has 41 heavy (non-hydrogen) atoms. The number of fused-ring (bicyclic) bond motifs is 1. The van der Waals surface area contributed by atoms with Crippen molar-refractivity contribution in [2.24, 2.45) is 0 Å². The van der Waals surface area contributed by atoms with E-state index in [2.05, 4.69) is 9.47 Å². The Morgan fingerprint density at radius 3 is 2.12 bits per heavy atom. The van der Waals surface area contributed by atoms with E-state index in [0.29, 0.717) is 0 Å². The summed E-state index contributed by atoms with van der Waals surface area (Å²) < 4.78 is 144. The molecule has 3 aromatic rings. The molecule has 0 saturated carbocycles. The van der Waals surface area contributed by atoms with Gasteiger partial charge in [-0.2, -0.15) is 30.7 Å². The first-order valence-electron chi connectivity index (χ1n) is 11.6. The lowest BCUT2D eigenvalue weighted by Gasteiger charge is -2.41. The lowest BCUT2D eigenvalue weighted by Crippen LogP contribution is -2.46. The van der Waals surface area contributed by atoms with Gasteiger partial charge in [-0.15, -0.1) is 13.2 Å². The van der Waals surface area contributed by atoms with Crippen LogP contribution in [-0.4, -0.2) is 49.4 Å². The Morgan fingerprint density at radius 2 is 1.49 bits per heavy atom. The third-order valence-corrected chi connectivity index (χ3v) is 5.94. The van der Waals surface area contributed by atoms with E-state index in [1.807, 2.05) is 0 Å². The summed E-state index contributed by atoms with van der Waals surface area (Å²) in [6, 6.07) is 12.1. The van der Waals surface area contributed by atoms with Crippen LogP contribution in [0, 0.1) is 0 Å². The second kappa shape index (κ2) is 11.2. The average molecular weight is 599 g/mol. The SMILES string of the molecule is O[C@H](CN1c2cccc(-c3cccc(OC(F)(F)F)c3)c2OC[C@H]1c1cccc(OC(F)(F)C(F)F)c1)C(F)(F)F. The molecule has 222 valence electrons. The fourth-order valence-corrected chi connectivity index (χ4v) is 4.19. The van der Waals surface area contributed by atoms with Gasteiger partial charge in [0, 0.05) is 5.56 Å². The summed E-state index contributed by atoms with van der Waals surface area (Å²) in [5.74, 6) is -1.31. The predicted octanol–water partition coefficient (Wildman–Crippen LogP) is 7.35. The van der Waals surface area contributed by atoms with Crippen molar-refractivity contribution in [2.75, 3.05) is 18.1 Å². The number of β-amino-alcohol motifs (C(OH)–C–C–N with tert-alkyl or cyclic N) is 1. The molecule has 0 unspecified atom stereocenters. The molecular formula is C26H19F10NO4. The normalized spacial score (nSPS) is 16.7. The summed E-state index contributed by atoms with van der Waals surface area (Å²) in [7, 11) is 0. The first kappa shape index (κ1) is 30.1. The van der Waals surface area contributed by atoms with Crippen LogP contribution < -0.4 is 19.1 Å². The maximum absolute atomic E-state index is 13.5. The van der Waals surface area contributed by atoms with Crippen molar-refractivity contribution in [2.45, 2.75) is 37.2 Å². The first-order valence-corrected chi connectivity index (χ1v) is 11.6. The van der Waals surface area contributed by atoms with Crippen LogP contribution in [0.15, 0.2) is 66.7 Å². The van der Waals surface area contributed by atoms with Gasteiger partial charge in [-0.25, -0.2) is 0 Å². The second-order valence-electron chi connectivity index (χ2n) is 8.80. The summed E-state index contributed by atoms with van der Waals surface area (Å²) in [4.78, 5) is 1.07. The van der Waals surface area contributed by atoms with Crippen LogP contribution >= 0.6 is 0 Å². The molecule has 15 heteroatoms. The third-order valence-electron chi connectivity index (χ3n) is 5.94. The number of ether oxygens (including phenoxy) is 3. The minimum atomic E-state index is -5.06. The van der Waals surface area contributed by atoms with Gasteiger partial charge >= 0.3 is 25.1 Å². The smallest absolute Gasteiger partial charge is 0.488 e. The molecule has 0 radical (unpaired) electrons. The molecule has 0 aliphatic carbocycles. The number of alkyl halides is 10. The number of hydrogen-bond donors (Lipinski definition) is 1. The van der Waals surface area contributed by atoms with E-state index >= 15 is 0 Å². The molecule has 0 aromatic heterocycles. The number of benzene rings is 3. The number of hydrogen-bond acceptors (Lipinski definition) is 5. The van der Waals surface area contributed by atoms with Gasteiger partial charge in [0.15, 0.2) is 11.9 Å². The number of anilines is 1. The Morgan fingerprint density at radius 1 is 0.854 bits per heavy atom. The average Bonchev–Trinajstić information content (AvgIpc) is 2.87. The van der Waals surface area contributed by atoms with E-state index in [-0.39, 0.29) is 28.1 Å². The molecule has 2 atom stereocenters. The highest BCUT2D eigenvalue weighted by Gasteiger charge is 2.45. The zero-order valence-corrected chi connectivity index (χ0v) is 20.4. The van der Waals surface area contributed by atoms with Gasteiger partial charge in [0.1, 0.15) is 18.1 Å². The van der Waals surface area contributed by atoms with Crippen molar-refractivity contribution in [3.05, 3.63) is 72.3 Å². The van der Waals surface area contributed by atoms with Gasteiger partial charge in [0.05, 0.1) is 18.3 Å². The highest BCUT2D eigenvalue weighted by Crippen LogP contribution is 2.46. The molecule has 0 fully saturated rings. The summed E-state index contributed by atoms with van der Waals surface area (Å²) >= 11 is 0. The number of aliphatic hydroxyl groups is 1. The van der Waals surface area contributed by atoms with Crippen molar-refractivity contribution < 1.29 is 63.2 Å². The topological polar surface area (TPSA) is 51.2 Å². The molecule has 0 saturated heterocycles. The van der Waals surface area contributed by atoms with Gasteiger partial charge in [0.25, 0.3) is 0 Å². The van der Waals surface area contributed by atoms with Crippen LogP contribution in [0.3, 0.4) is 0 Å². The first-order chi connectivity index (χ1) is 19.0. The van der Waals surface area contributed by atoms with E-state index in [1.54, 1.807) is 0 Å². The van der Waals surface area contributed by atoms with E-state index < -0.39 is 61.9 Å². The molecule has 3 aromatic carbocycles. The van der Waals surface area contributed by atoms with Gasteiger partial charge < -0.3 is 24.2 Å². The van der Waals surface area contributed by atoms with Crippen LogP contribution in [0.1, 0.15) is 11.6 Å². The number of aliphatic hydroxyl groups excluding tert-OH is 1. The van der Waals surface area contributed by atoms with Crippen LogP contribution in [0.2, 0.25) is 0 Å². The van der Waals surface area contributed by atoms with Crippen LogP contribution in [0.5, 0.6) is 17.2 Å². The zero-order valence-electron chi connectivity index (χ0n) is 20.4. The molecule has 1 aliphatic heterocycles. The van der Waals surface area contributed by atoms with E-state index in [4.69, 9.17) is 4.74 Å². The molecule has 1 heterocycles. The van der Waals surface area contributed by atoms with Crippen LogP contribution in [0.25, 0.3) is 11.1 Å². The quantitative estimate of drug-likeness (QED) is 0.275. The van der Waals surface area contributed by atoms with Gasteiger partial charge in [-0.3, -0.25) is 0 Å². The molecule has 5 nitrogen and oxygen atoms in total. The minimum Gasteiger partial charge on any atom is -0.488 e. The third kappa shape index (κ3) is 7.07. The van der Waals surface area contributed by atoms with Crippen molar-refractivity contribution in [1.82, 2.24) is 0 Å². The summed E-state index contributed by atoms with van der Waals surface area (Å²) in [5.41, 5.74) is 0.337. The maximum Gasteiger partial charge on any atom is 0.573 e. The molecule has 0 bridgehead atoms. The maximum atomic E-state index is 13.5. The summed E-state index contributed by atoms with van der Waals surface area (Å²) in [6.07, 6.45) is -21.9. The van der Waals surface area contributed by atoms with Crippen molar-refractivity contribution in [1.29, 1.82) is 0 Å². The van der Waals surface area contributed by atoms with Gasteiger partial charge in [-0.05, 0) is 41.5 Å². The monoisotopic (exact) mass is 599 g/mol. The van der Waals surface area contributed by atoms with Crippen molar-refractivity contribution >= 4 is 5.69 Å². The zero-order chi connectivity index (χ0) is 30.2. The van der Waals surface area contributed by atoms with Crippen molar-refractivity contribution in [3.63, 3.8) is 0 Å². The van der Waals surface area contributed by atoms with E-state index in [1.165, 1.54) is 36.4 Å². The summed E-state index contributed by atoms with van der Waals surface area (Å²) in [5, 5.41) is 9.89. The number of nitrogens with zero attached hydrogens (tertiary/aromatic N) is 1. The molecule has 1 N–H and O–H groups in total. The molecule has 0 spiro atoms. The fraction of sp³-hybridized carbons (Fsp3) is 0.308. The Labute approximate surface area is 225 Å². The van der Waals surface area contributed by atoms with E-state index in [9.17, 15) is 49.0 Å². The molecular weight excluding hydrogens is 580 g/mol. The second-order valence-corrected chi connectivity index (χ2v) is 8.80.